The molecule has 0 amide bonds. The summed E-state index contributed by atoms with van der Waals surface area (Å²) in [5.74, 6) is -0.685. The summed E-state index contributed by atoms with van der Waals surface area (Å²) in [5, 5.41) is 8.10. The van der Waals surface area contributed by atoms with Crippen LogP contribution in [0.5, 0.6) is 5.75 Å². The van der Waals surface area contributed by atoms with Gasteiger partial charge in [0.25, 0.3) is 0 Å². The molecule has 0 radical (unpaired) electrons. The third kappa shape index (κ3) is 3.36. The molecule has 1 aliphatic rings. The first-order chi connectivity index (χ1) is 15.0. The van der Waals surface area contributed by atoms with Gasteiger partial charge >= 0.3 is 5.97 Å². The molecule has 2 aromatic carbocycles. The highest BCUT2D eigenvalue weighted by molar-refractivity contribution is 7.19. The van der Waals surface area contributed by atoms with Crippen molar-refractivity contribution in [2.75, 3.05) is 13.7 Å². The molecule has 0 atom stereocenters. The van der Waals surface area contributed by atoms with Crippen molar-refractivity contribution in [1.29, 1.82) is 0 Å². The minimum atomic E-state index is -0.708. The van der Waals surface area contributed by atoms with Gasteiger partial charge in [-0.3, -0.25) is 4.57 Å². The van der Waals surface area contributed by atoms with E-state index in [0.717, 1.165) is 26.9 Å². The zero-order valence-corrected chi connectivity index (χ0v) is 17.1. The van der Waals surface area contributed by atoms with E-state index in [1.165, 1.54) is 41.5 Å². The molecule has 31 heavy (non-hydrogen) atoms. The third-order valence-electron chi connectivity index (χ3n) is 5.02. The minimum Gasteiger partial charge on any atom is -0.493 e. The van der Waals surface area contributed by atoms with Crippen LogP contribution in [-0.4, -0.2) is 34.5 Å². The number of carbonyl (C=O) groups is 1. The maximum Gasteiger partial charge on any atom is 0.337 e. The van der Waals surface area contributed by atoms with Crippen molar-refractivity contribution in [1.82, 2.24) is 14.8 Å². The molecule has 0 saturated carbocycles. The average Bonchev–Trinajstić information content (AvgIpc) is 3.37. The minimum absolute atomic E-state index is 0.154. The number of ether oxygens (including phenoxy) is 2. The summed E-state index contributed by atoms with van der Waals surface area (Å²) in [4.78, 5) is 13.7. The van der Waals surface area contributed by atoms with Crippen LogP contribution in [0.2, 0.25) is 0 Å². The molecule has 156 valence electrons. The van der Waals surface area contributed by atoms with Crippen molar-refractivity contribution in [3.63, 3.8) is 0 Å². The van der Waals surface area contributed by atoms with Gasteiger partial charge in [-0.15, -0.1) is 21.5 Å². The molecule has 0 N–H and O–H groups in total. The van der Waals surface area contributed by atoms with E-state index in [9.17, 15) is 13.6 Å². The third-order valence-corrected chi connectivity index (χ3v) is 6.23. The number of methoxy groups -OCH3 is 1. The summed E-state index contributed by atoms with van der Waals surface area (Å²) in [5.41, 5.74) is 2.38. The quantitative estimate of drug-likeness (QED) is 0.435. The Morgan fingerprint density at radius 3 is 2.87 bits per heavy atom. The van der Waals surface area contributed by atoms with E-state index in [0.29, 0.717) is 30.2 Å². The summed E-state index contributed by atoms with van der Waals surface area (Å²) < 4.78 is 39.9. The predicted octanol–water partition coefficient (Wildman–Crippen LogP) is 4.66. The Bertz CT molecular complexity index is 1320. The maximum absolute atomic E-state index is 14.4. The number of nitrogens with zero attached hydrogens (tertiary/aromatic N) is 3. The molecule has 0 spiro atoms. The first-order valence-corrected chi connectivity index (χ1v) is 10.2. The van der Waals surface area contributed by atoms with Crippen molar-refractivity contribution in [3.05, 3.63) is 71.6 Å². The van der Waals surface area contributed by atoms with Gasteiger partial charge in [0.1, 0.15) is 23.7 Å². The van der Waals surface area contributed by atoms with Crippen molar-refractivity contribution >= 4 is 17.3 Å². The topological polar surface area (TPSA) is 66.2 Å². The van der Waals surface area contributed by atoms with E-state index in [-0.39, 0.29) is 5.69 Å². The summed E-state index contributed by atoms with van der Waals surface area (Å²) in [7, 11) is 1.33. The molecule has 3 heterocycles. The highest BCUT2D eigenvalue weighted by Gasteiger charge is 2.23. The lowest BCUT2D eigenvalue weighted by Crippen LogP contribution is -2.02. The van der Waals surface area contributed by atoms with Gasteiger partial charge in [-0.05, 0) is 42.0 Å². The van der Waals surface area contributed by atoms with Crippen molar-refractivity contribution in [2.45, 2.75) is 6.42 Å². The summed E-state index contributed by atoms with van der Waals surface area (Å²) in [6, 6.07) is 10.5. The molecule has 9 heteroatoms. The second kappa shape index (κ2) is 7.59. The summed E-state index contributed by atoms with van der Waals surface area (Å²) in [6.45, 7) is 0.479. The normalized spacial score (nSPS) is 12.5. The number of halogens is 2. The Morgan fingerprint density at radius 1 is 1.19 bits per heavy atom. The molecule has 0 saturated heterocycles. The van der Waals surface area contributed by atoms with Crippen molar-refractivity contribution in [3.8, 4) is 32.6 Å². The summed E-state index contributed by atoms with van der Waals surface area (Å²) in [6.07, 6.45) is 2.05. The molecule has 2 aromatic heterocycles. The van der Waals surface area contributed by atoms with Crippen LogP contribution < -0.4 is 4.74 Å². The van der Waals surface area contributed by atoms with E-state index in [1.54, 1.807) is 18.2 Å². The molecule has 1 aliphatic heterocycles. The molecule has 0 aliphatic carbocycles. The van der Waals surface area contributed by atoms with Gasteiger partial charge in [0, 0.05) is 22.9 Å². The van der Waals surface area contributed by atoms with E-state index < -0.39 is 17.6 Å². The van der Waals surface area contributed by atoms with Gasteiger partial charge in [0.2, 0.25) is 0 Å². The smallest absolute Gasteiger partial charge is 0.337 e. The molecule has 4 aromatic rings. The molecule has 0 bridgehead atoms. The number of hydrogen-bond acceptors (Lipinski definition) is 6. The van der Waals surface area contributed by atoms with E-state index >= 15 is 0 Å². The van der Waals surface area contributed by atoms with E-state index in [4.69, 9.17) is 9.47 Å². The molecular weight excluding hydrogens is 424 g/mol. The number of fused-ring (bicyclic) bond motifs is 3. The average molecular weight is 439 g/mol. The number of benzene rings is 2. The first-order valence-electron chi connectivity index (χ1n) is 9.39. The second-order valence-electron chi connectivity index (χ2n) is 6.89. The standard InChI is InChI=1S/C22H15F2N3O3S/c1-29-22(28)13-2-5-18-15(8-13)20-12(6-7-30-18)9-19(31-20)21-26-25-11-27(21)17-4-3-14(23)10-16(17)24/h2-5,8-11H,6-7H2,1H3. The largest absolute Gasteiger partial charge is 0.493 e. The van der Waals surface area contributed by atoms with Crippen LogP contribution >= 0.6 is 11.3 Å². The van der Waals surface area contributed by atoms with Gasteiger partial charge in [0.05, 0.1) is 29.8 Å². The van der Waals surface area contributed by atoms with Crippen molar-refractivity contribution in [2.24, 2.45) is 0 Å². The lowest BCUT2D eigenvalue weighted by Gasteiger charge is -2.09. The van der Waals surface area contributed by atoms with Crippen LogP contribution in [0.3, 0.4) is 0 Å². The predicted molar refractivity (Wildman–Crippen MR) is 111 cm³/mol. The number of hydrogen-bond donors (Lipinski definition) is 0. The lowest BCUT2D eigenvalue weighted by atomic mass is 10.0. The monoisotopic (exact) mass is 439 g/mol. The van der Waals surface area contributed by atoms with Crippen LogP contribution in [0.15, 0.2) is 48.8 Å². The number of aromatic nitrogens is 3. The maximum atomic E-state index is 14.4. The van der Waals surface area contributed by atoms with Crippen LogP contribution in [0.1, 0.15) is 15.9 Å². The number of thiophene rings is 1. The fourth-order valence-corrected chi connectivity index (χ4v) is 4.77. The van der Waals surface area contributed by atoms with Gasteiger partial charge in [-0.25, -0.2) is 13.6 Å². The Balaban J connectivity index is 1.63. The van der Waals surface area contributed by atoms with Crippen LogP contribution in [0.25, 0.3) is 26.8 Å². The Labute approximate surface area is 179 Å². The number of rotatable bonds is 3. The van der Waals surface area contributed by atoms with Crippen molar-refractivity contribution < 1.29 is 23.0 Å². The van der Waals surface area contributed by atoms with Gasteiger partial charge in [-0.1, -0.05) is 0 Å². The Kier molecular flexibility index (Phi) is 4.74. The zero-order valence-electron chi connectivity index (χ0n) is 16.3. The number of carbonyl (C=O) groups excluding carboxylic acids is 1. The van der Waals surface area contributed by atoms with Gasteiger partial charge in [-0.2, -0.15) is 0 Å². The molecule has 5 rings (SSSR count). The van der Waals surface area contributed by atoms with Gasteiger partial charge in [0.15, 0.2) is 5.82 Å². The molecule has 0 fully saturated rings. The highest BCUT2D eigenvalue weighted by atomic mass is 32.1. The molecular formula is C22H15F2N3O3S. The zero-order chi connectivity index (χ0) is 21.5. The fourth-order valence-electron chi connectivity index (χ4n) is 3.56. The fraction of sp³-hybridized carbons (Fsp3) is 0.136. The number of esters is 1. The Hall–Kier alpha value is -3.59. The van der Waals surface area contributed by atoms with Crippen LogP contribution in [-0.2, 0) is 11.2 Å². The van der Waals surface area contributed by atoms with Gasteiger partial charge < -0.3 is 9.47 Å². The molecule has 6 nitrogen and oxygen atoms in total. The van der Waals surface area contributed by atoms with Crippen LogP contribution in [0.4, 0.5) is 8.78 Å². The van der Waals surface area contributed by atoms with E-state index in [2.05, 4.69) is 10.2 Å². The SMILES string of the molecule is COC(=O)c1ccc2c(c1)-c1sc(-c3nncn3-c3ccc(F)cc3F)cc1CCO2. The van der Waals surface area contributed by atoms with E-state index in [1.807, 2.05) is 6.07 Å². The van der Waals surface area contributed by atoms with Crippen LogP contribution in [0, 0.1) is 11.6 Å². The first kappa shape index (κ1) is 19.4. The Morgan fingerprint density at radius 2 is 2.06 bits per heavy atom. The molecule has 0 unspecified atom stereocenters. The lowest BCUT2D eigenvalue weighted by molar-refractivity contribution is 0.0600. The highest BCUT2D eigenvalue weighted by Crippen LogP contribution is 2.44. The summed E-state index contributed by atoms with van der Waals surface area (Å²) >= 11 is 1.44. The second-order valence-corrected chi connectivity index (χ2v) is 7.94.